The van der Waals surface area contributed by atoms with Gasteiger partial charge in [-0.15, -0.1) is 0 Å². The van der Waals surface area contributed by atoms with E-state index in [-0.39, 0.29) is 5.56 Å². The molecule has 0 unspecified atom stereocenters. The highest BCUT2D eigenvalue weighted by atomic mass is 32.2. The van der Waals surface area contributed by atoms with Gasteiger partial charge in [-0.05, 0) is 53.4 Å². The number of nitriles is 3. The van der Waals surface area contributed by atoms with Gasteiger partial charge >= 0.3 is 0 Å². The van der Waals surface area contributed by atoms with E-state index in [1.165, 1.54) is 11.8 Å². The maximum absolute atomic E-state index is 14.2. The lowest BCUT2D eigenvalue weighted by Gasteiger charge is -2.24. The molecule has 1 aliphatic rings. The molecule has 5 aromatic carbocycles. The average Bonchev–Trinajstić information content (AvgIpc) is 2.96. The van der Waals surface area contributed by atoms with Crippen molar-refractivity contribution in [2.45, 2.75) is 9.79 Å². The van der Waals surface area contributed by atoms with E-state index in [0.29, 0.717) is 54.3 Å². The van der Waals surface area contributed by atoms with Crippen LogP contribution in [0.2, 0.25) is 0 Å². The third-order valence-corrected chi connectivity index (χ3v) is 8.61. The first-order valence-corrected chi connectivity index (χ1v) is 12.6. The number of benzene rings is 5. The number of pyridine rings is 1. The Kier molecular flexibility index (Phi) is 3.86. The zero-order valence-corrected chi connectivity index (χ0v) is 20.2. The summed E-state index contributed by atoms with van der Waals surface area (Å²) >= 11 is 1.43. The van der Waals surface area contributed by atoms with E-state index < -0.39 is 0 Å². The Morgan fingerprint density at radius 2 is 1.58 bits per heavy atom. The fourth-order valence-corrected chi connectivity index (χ4v) is 7.02. The Labute approximate surface area is 218 Å². The van der Waals surface area contributed by atoms with Gasteiger partial charge in [0.2, 0.25) is 0 Å². The molecule has 0 radical (unpaired) electrons. The normalized spacial score (nSPS) is 12.1. The first-order chi connectivity index (χ1) is 18.6. The van der Waals surface area contributed by atoms with Gasteiger partial charge in [-0.3, -0.25) is 9.20 Å². The molecule has 7 heteroatoms. The number of nitrogens with zero attached hydrogens (tertiary/aromatic N) is 5. The minimum Gasteiger partial charge on any atom is -0.268 e. The van der Waals surface area contributed by atoms with E-state index in [0.717, 1.165) is 32.3 Å². The van der Waals surface area contributed by atoms with Gasteiger partial charge in [0, 0.05) is 36.9 Å². The van der Waals surface area contributed by atoms with Gasteiger partial charge in [0.15, 0.2) is 0 Å². The van der Waals surface area contributed by atoms with Crippen LogP contribution in [0.1, 0.15) is 16.7 Å². The summed E-state index contributed by atoms with van der Waals surface area (Å²) in [6.45, 7) is 0. The van der Waals surface area contributed by atoms with Crippen LogP contribution in [0.15, 0.2) is 81.3 Å². The van der Waals surface area contributed by atoms with Gasteiger partial charge < -0.3 is 0 Å². The molecule has 0 spiro atoms. The van der Waals surface area contributed by atoms with E-state index >= 15 is 0 Å². The van der Waals surface area contributed by atoms with E-state index in [4.69, 9.17) is 4.98 Å². The highest BCUT2D eigenvalue weighted by Gasteiger charge is 2.29. The van der Waals surface area contributed by atoms with Crippen LogP contribution < -0.4 is 5.56 Å². The summed E-state index contributed by atoms with van der Waals surface area (Å²) in [5.41, 5.74) is 4.33. The fourth-order valence-electron chi connectivity index (χ4n) is 5.87. The van der Waals surface area contributed by atoms with Crippen LogP contribution in [0, 0.1) is 34.0 Å². The van der Waals surface area contributed by atoms with Crippen LogP contribution >= 0.6 is 11.8 Å². The van der Waals surface area contributed by atoms with Crippen LogP contribution in [-0.4, -0.2) is 9.38 Å². The number of hydrogen-bond acceptors (Lipinski definition) is 6. The third-order valence-electron chi connectivity index (χ3n) is 7.40. The van der Waals surface area contributed by atoms with Crippen molar-refractivity contribution in [1.29, 1.82) is 15.8 Å². The molecule has 0 aliphatic carbocycles. The van der Waals surface area contributed by atoms with Crippen molar-refractivity contribution in [3.8, 4) is 29.3 Å². The minimum atomic E-state index is -0.265. The van der Waals surface area contributed by atoms with Gasteiger partial charge in [-0.25, -0.2) is 4.98 Å². The Bertz CT molecular complexity index is 2430. The van der Waals surface area contributed by atoms with Crippen molar-refractivity contribution >= 4 is 60.8 Å². The Morgan fingerprint density at radius 1 is 0.789 bits per heavy atom. The average molecular weight is 502 g/mol. The quantitative estimate of drug-likeness (QED) is 0.174. The molecule has 8 rings (SSSR count). The second-order valence-corrected chi connectivity index (χ2v) is 10.3. The molecule has 0 fully saturated rings. The first-order valence-electron chi connectivity index (χ1n) is 11.8. The molecular weight excluding hydrogens is 490 g/mol. The van der Waals surface area contributed by atoms with E-state index in [1.807, 2.05) is 48.5 Å². The van der Waals surface area contributed by atoms with Gasteiger partial charge in [0.1, 0.15) is 11.7 Å². The summed E-state index contributed by atoms with van der Waals surface area (Å²) in [5, 5.41) is 34.3. The highest BCUT2D eigenvalue weighted by Crippen LogP contribution is 2.52. The molecule has 172 valence electrons. The molecule has 2 aromatic heterocycles. The summed E-state index contributed by atoms with van der Waals surface area (Å²) in [5.74, 6) is 0. The molecule has 0 saturated carbocycles. The predicted octanol–water partition coefficient (Wildman–Crippen LogP) is 6.49. The molecule has 7 aromatic rings. The molecule has 0 saturated heterocycles. The van der Waals surface area contributed by atoms with Crippen molar-refractivity contribution in [3.05, 3.63) is 93.8 Å². The van der Waals surface area contributed by atoms with Crippen molar-refractivity contribution in [3.63, 3.8) is 0 Å². The number of fused-ring (bicyclic) bond motifs is 5. The fraction of sp³-hybridized carbons (Fsp3) is 0. The molecule has 0 N–H and O–H groups in total. The molecular formula is C31H11N5OS. The van der Waals surface area contributed by atoms with Gasteiger partial charge in [0.25, 0.3) is 5.56 Å². The Morgan fingerprint density at radius 3 is 2.37 bits per heavy atom. The molecule has 38 heavy (non-hydrogen) atoms. The van der Waals surface area contributed by atoms with Crippen LogP contribution in [0.3, 0.4) is 0 Å². The van der Waals surface area contributed by atoms with Crippen molar-refractivity contribution in [2.75, 3.05) is 0 Å². The molecule has 6 nitrogen and oxygen atoms in total. The number of hydrogen-bond donors (Lipinski definition) is 0. The van der Waals surface area contributed by atoms with E-state index in [1.54, 1.807) is 22.6 Å². The summed E-state index contributed by atoms with van der Waals surface area (Å²) in [6.07, 6.45) is 0. The SMILES string of the molecule is N#Cc1ccc2c(c1)-c1c(C#N)cc3c(=O)n4c5cccc6cccc(nc4c4cc(C#N)c(c1c34)S2)c65. The lowest BCUT2D eigenvalue weighted by Crippen LogP contribution is -2.17. The first kappa shape index (κ1) is 20.7. The van der Waals surface area contributed by atoms with Crippen LogP contribution in [0.4, 0.5) is 0 Å². The minimum absolute atomic E-state index is 0.265. The van der Waals surface area contributed by atoms with Crippen LogP contribution in [0.5, 0.6) is 0 Å². The third kappa shape index (κ3) is 2.40. The molecule has 0 bridgehead atoms. The molecule has 3 heterocycles. The summed E-state index contributed by atoms with van der Waals surface area (Å²) in [4.78, 5) is 20.7. The maximum Gasteiger partial charge on any atom is 0.264 e. The topological polar surface area (TPSA) is 106 Å². The molecule has 0 atom stereocenters. The van der Waals surface area contributed by atoms with Gasteiger partial charge in [-0.1, -0.05) is 36.0 Å². The smallest absolute Gasteiger partial charge is 0.264 e. The second kappa shape index (κ2) is 7.08. The summed E-state index contributed by atoms with van der Waals surface area (Å²) < 4.78 is 1.61. The van der Waals surface area contributed by atoms with Crippen molar-refractivity contribution in [1.82, 2.24) is 9.38 Å². The standard InChI is InChI=1S/C31H11N5OS/c32-12-15-7-8-24-19(9-15)25-17(13-33)10-21-27-20(11-18(14-34)29(38-24)28(25)27)30-35-22-5-1-3-16-4-2-6-23(26(16)22)36(30)31(21)37/h1-11H. The largest absolute Gasteiger partial charge is 0.268 e. The lowest BCUT2D eigenvalue weighted by atomic mass is 9.88. The monoisotopic (exact) mass is 501 g/mol. The zero-order chi connectivity index (χ0) is 25.7. The lowest BCUT2D eigenvalue weighted by molar-refractivity contribution is 1.15. The predicted molar refractivity (Wildman–Crippen MR) is 146 cm³/mol. The van der Waals surface area contributed by atoms with E-state index in [9.17, 15) is 20.6 Å². The molecule has 1 aliphatic heterocycles. The van der Waals surface area contributed by atoms with Crippen molar-refractivity contribution in [2.24, 2.45) is 0 Å². The number of aromatic nitrogens is 2. The number of rotatable bonds is 0. The van der Waals surface area contributed by atoms with Gasteiger partial charge in [-0.2, -0.15) is 15.8 Å². The zero-order valence-electron chi connectivity index (χ0n) is 19.4. The highest BCUT2D eigenvalue weighted by molar-refractivity contribution is 8.00. The Hall–Kier alpha value is -5.42. The second-order valence-electron chi connectivity index (χ2n) is 9.27. The van der Waals surface area contributed by atoms with Crippen LogP contribution in [0.25, 0.3) is 60.1 Å². The Balaban J connectivity index is 1.71. The van der Waals surface area contributed by atoms with Gasteiger partial charge in [0.05, 0.1) is 45.2 Å². The summed E-state index contributed by atoms with van der Waals surface area (Å²) in [7, 11) is 0. The maximum atomic E-state index is 14.2. The summed E-state index contributed by atoms with van der Waals surface area (Å²) in [6, 6.07) is 27.3. The van der Waals surface area contributed by atoms with Crippen molar-refractivity contribution < 1.29 is 0 Å². The molecule has 0 amide bonds. The van der Waals surface area contributed by atoms with Crippen LogP contribution in [-0.2, 0) is 0 Å². The van der Waals surface area contributed by atoms with E-state index in [2.05, 4.69) is 18.2 Å².